The maximum atomic E-state index is 10.8. The van der Waals surface area contributed by atoms with E-state index >= 15 is 0 Å². The summed E-state index contributed by atoms with van der Waals surface area (Å²) in [5.41, 5.74) is 5.69. The second-order valence-electron chi connectivity index (χ2n) is 2.70. The molecular formula is C8H5BrN2O3S. The molecule has 15 heavy (non-hydrogen) atoms. The highest BCUT2D eigenvalue weighted by Crippen LogP contribution is 2.35. The van der Waals surface area contributed by atoms with Gasteiger partial charge in [0.1, 0.15) is 0 Å². The van der Waals surface area contributed by atoms with Crippen LogP contribution < -0.4 is 5.73 Å². The van der Waals surface area contributed by atoms with Crippen molar-refractivity contribution in [2.24, 2.45) is 0 Å². The van der Waals surface area contributed by atoms with Gasteiger partial charge in [0.05, 0.1) is 5.56 Å². The first-order valence-electron chi connectivity index (χ1n) is 3.82. The standard InChI is InChI=1S/C8H5BrN2O3S/c9-3-1-4(15-2-3)5-6(8(12)13)11-14-7(5)10/h1-2H,10H2,(H,12,13). The summed E-state index contributed by atoms with van der Waals surface area (Å²) in [7, 11) is 0. The van der Waals surface area contributed by atoms with Gasteiger partial charge in [0.2, 0.25) is 11.6 Å². The van der Waals surface area contributed by atoms with E-state index < -0.39 is 5.97 Å². The van der Waals surface area contributed by atoms with Crippen LogP contribution in [0.3, 0.4) is 0 Å². The Balaban J connectivity index is 2.60. The molecule has 2 heterocycles. The number of rotatable bonds is 2. The summed E-state index contributed by atoms with van der Waals surface area (Å²) < 4.78 is 5.52. The second kappa shape index (κ2) is 3.67. The number of aromatic nitrogens is 1. The lowest BCUT2D eigenvalue weighted by Gasteiger charge is -1.93. The van der Waals surface area contributed by atoms with Crippen LogP contribution in [0.4, 0.5) is 5.88 Å². The zero-order valence-corrected chi connectivity index (χ0v) is 9.63. The van der Waals surface area contributed by atoms with Crippen LogP contribution in [0.25, 0.3) is 10.4 Å². The minimum Gasteiger partial charge on any atom is -0.476 e. The monoisotopic (exact) mass is 288 g/mol. The van der Waals surface area contributed by atoms with Gasteiger partial charge >= 0.3 is 5.97 Å². The Morgan fingerprint density at radius 1 is 1.67 bits per heavy atom. The molecule has 78 valence electrons. The van der Waals surface area contributed by atoms with Crippen molar-refractivity contribution in [2.45, 2.75) is 0 Å². The van der Waals surface area contributed by atoms with Gasteiger partial charge in [-0.3, -0.25) is 0 Å². The first-order chi connectivity index (χ1) is 7.09. The third kappa shape index (κ3) is 1.75. The van der Waals surface area contributed by atoms with E-state index in [9.17, 15) is 4.79 Å². The van der Waals surface area contributed by atoms with Crippen molar-refractivity contribution in [3.05, 3.63) is 21.6 Å². The Bertz CT molecular complexity index is 520. The normalized spacial score (nSPS) is 10.5. The molecule has 3 N–H and O–H groups in total. The molecule has 0 aliphatic carbocycles. The molecule has 0 aliphatic heterocycles. The zero-order chi connectivity index (χ0) is 11.0. The average Bonchev–Trinajstić information content (AvgIpc) is 2.71. The predicted molar refractivity (Wildman–Crippen MR) is 58.9 cm³/mol. The van der Waals surface area contributed by atoms with Crippen LogP contribution in [0.15, 0.2) is 20.4 Å². The largest absolute Gasteiger partial charge is 0.476 e. The van der Waals surface area contributed by atoms with E-state index in [1.165, 1.54) is 11.3 Å². The highest BCUT2D eigenvalue weighted by atomic mass is 79.9. The summed E-state index contributed by atoms with van der Waals surface area (Å²) in [6, 6.07) is 1.76. The number of hydrogen-bond donors (Lipinski definition) is 2. The molecule has 0 saturated heterocycles. The van der Waals surface area contributed by atoms with E-state index in [0.29, 0.717) is 10.4 Å². The van der Waals surface area contributed by atoms with E-state index in [1.54, 1.807) is 6.07 Å². The Labute approximate surface area is 96.6 Å². The molecule has 7 heteroatoms. The van der Waals surface area contributed by atoms with Gasteiger partial charge in [0.15, 0.2) is 0 Å². The van der Waals surface area contributed by atoms with E-state index in [0.717, 1.165) is 4.47 Å². The number of thiophene rings is 1. The molecule has 5 nitrogen and oxygen atoms in total. The molecule has 2 aromatic rings. The van der Waals surface area contributed by atoms with Crippen LogP contribution in [0.1, 0.15) is 10.5 Å². The molecular weight excluding hydrogens is 284 g/mol. The van der Waals surface area contributed by atoms with Crippen molar-refractivity contribution < 1.29 is 14.4 Å². The molecule has 0 aliphatic rings. The Kier molecular flexibility index (Phi) is 2.49. The summed E-state index contributed by atoms with van der Waals surface area (Å²) in [4.78, 5) is 11.5. The minimum atomic E-state index is -1.16. The Morgan fingerprint density at radius 2 is 2.40 bits per heavy atom. The molecule has 0 amide bonds. The fourth-order valence-electron chi connectivity index (χ4n) is 1.13. The molecule has 2 aromatic heterocycles. The number of nitrogens with zero attached hydrogens (tertiary/aromatic N) is 1. The van der Waals surface area contributed by atoms with Gasteiger partial charge in [-0.25, -0.2) is 4.79 Å². The maximum absolute atomic E-state index is 10.8. The van der Waals surface area contributed by atoms with Crippen molar-refractivity contribution in [2.75, 3.05) is 5.73 Å². The Hall–Kier alpha value is -1.34. The van der Waals surface area contributed by atoms with Crippen LogP contribution in [0.5, 0.6) is 0 Å². The number of nitrogens with two attached hydrogens (primary N) is 1. The maximum Gasteiger partial charge on any atom is 0.358 e. The average molecular weight is 289 g/mol. The van der Waals surface area contributed by atoms with Gasteiger partial charge in [0, 0.05) is 14.7 Å². The van der Waals surface area contributed by atoms with Crippen molar-refractivity contribution >= 4 is 39.1 Å². The van der Waals surface area contributed by atoms with E-state index in [1.807, 2.05) is 5.38 Å². The molecule has 0 unspecified atom stereocenters. The lowest BCUT2D eigenvalue weighted by molar-refractivity contribution is 0.0686. The van der Waals surface area contributed by atoms with Gasteiger partial charge in [-0.1, -0.05) is 5.16 Å². The zero-order valence-electron chi connectivity index (χ0n) is 7.23. The molecule has 0 saturated carbocycles. The molecule has 2 rings (SSSR count). The predicted octanol–water partition coefficient (Wildman–Crippen LogP) is 2.45. The van der Waals surface area contributed by atoms with Gasteiger partial charge in [-0.05, 0) is 22.0 Å². The SMILES string of the molecule is Nc1onc(C(=O)O)c1-c1cc(Br)cs1. The topological polar surface area (TPSA) is 89.4 Å². The number of aromatic carboxylic acids is 1. The number of carbonyl (C=O) groups is 1. The fourth-order valence-corrected chi connectivity index (χ4v) is 2.61. The van der Waals surface area contributed by atoms with Gasteiger partial charge in [0.25, 0.3) is 0 Å². The molecule has 0 radical (unpaired) electrons. The van der Waals surface area contributed by atoms with Crippen LogP contribution >= 0.6 is 27.3 Å². The summed E-state index contributed by atoms with van der Waals surface area (Å²) in [6.07, 6.45) is 0. The highest BCUT2D eigenvalue weighted by Gasteiger charge is 2.22. The van der Waals surface area contributed by atoms with Gasteiger partial charge in [-0.15, -0.1) is 11.3 Å². The van der Waals surface area contributed by atoms with Crippen molar-refractivity contribution in [1.29, 1.82) is 0 Å². The first kappa shape index (κ1) is 10.2. The van der Waals surface area contributed by atoms with Crippen LogP contribution in [0.2, 0.25) is 0 Å². The first-order valence-corrected chi connectivity index (χ1v) is 5.49. The fraction of sp³-hybridized carbons (Fsp3) is 0. The molecule has 0 fully saturated rings. The van der Waals surface area contributed by atoms with E-state index in [4.69, 9.17) is 10.8 Å². The number of carboxylic acid groups (broad SMARTS) is 1. The molecule has 0 spiro atoms. The molecule has 0 aromatic carbocycles. The number of carboxylic acids is 1. The van der Waals surface area contributed by atoms with E-state index in [-0.39, 0.29) is 11.6 Å². The lowest BCUT2D eigenvalue weighted by Crippen LogP contribution is -1.98. The molecule has 0 atom stereocenters. The van der Waals surface area contributed by atoms with Gasteiger partial charge < -0.3 is 15.4 Å². The smallest absolute Gasteiger partial charge is 0.358 e. The third-order valence-corrected chi connectivity index (χ3v) is 3.44. The van der Waals surface area contributed by atoms with Gasteiger partial charge in [-0.2, -0.15) is 0 Å². The Morgan fingerprint density at radius 3 is 2.93 bits per heavy atom. The second-order valence-corrected chi connectivity index (χ2v) is 4.53. The third-order valence-electron chi connectivity index (χ3n) is 1.73. The summed E-state index contributed by atoms with van der Waals surface area (Å²) >= 11 is 4.64. The lowest BCUT2D eigenvalue weighted by atomic mass is 10.2. The summed E-state index contributed by atoms with van der Waals surface area (Å²) in [5.74, 6) is -1.14. The van der Waals surface area contributed by atoms with Crippen molar-refractivity contribution in [3.63, 3.8) is 0 Å². The number of anilines is 1. The van der Waals surface area contributed by atoms with Crippen LogP contribution in [0, 0.1) is 0 Å². The molecule has 0 bridgehead atoms. The minimum absolute atomic E-state index is 0.0155. The number of halogens is 1. The van der Waals surface area contributed by atoms with Crippen molar-refractivity contribution in [1.82, 2.24) is 5.16 Å². The summed E-state index contributed by atoms with van der Waals surface area (Å²) in [6.45, 7) is 0. The van der Waals surface area contributed by atoms with Crippen LogP contribution in [-0.2, 0) is 0 Å². The quantitative estimate of drug-likeness (QED) is 0.886. The summed E-state index contributed by atoms with van der Waals surface area (Å²) in [5, 5.41) is 14.1. The number of nitrogen functional groups attached to an aromatic ring is 1. The van der Waals surface area contributed by atoms with Crippen molar-refractivity contribution in [3.8, 4) is 10.4 Å². The highest BCUT2D eigenvalue weighted by molar-refractivity contribution is 9.10. The van der Waals surface area contributed by atoms with Crippen LogP contribution in [-0.4, -0.2) is 16.2 Å². The number of hydrogen-bond acceptors (Lipinski definition) is 5. The van der Waals surface area contributed by atoms with E-state index in [2.05, 4.69) is 25.6 Å².